The molecule has 0 saturated heterocycles. The van der Waals surface area contributed by atoms with Gasteiger partial charge in [-0.3, -0.25) is 4.79 Å². The topological polar surface area (TPSA) is 84.9 Å². The standard InChI is InChI=1S/C19H20FNO5/c1-25-9-8-17(19(23)24)21-18(22)14-5-2-4-13(10-14)12-26-16-7-3-6-15(20)11-16/h2-7,10-11,17H,8-9,12H2,1H3,(H,21,22)(H,23,24). The van der Waals surface area contributed by atoms with Crippen molar-refractivity contribution in [2.45, 2.75) is 19.1 Å². The summed E-state index contributed by atoms with van der Waals surface area (Å²) in [6.07, 6.45) is 0.167. The Kier molecular flexibility index (Phi) is 7.11. The lowest BCUT2D eigenvalue weighted by molar-refractivity contribution is -0.139. The van der Waals surface area contributed by atoms with Crippen molar-refractivity contribution in [3.63, 3.8) is 0 Å². The van der Waals surface area contributed by atoms with E-state index in [9.17, 15) is 14.0 Å². The Bertz CT molecular complexity index is 765. The molecular weight excluding hydrogens is 341 g/mol. The van der Waals surface area contributed by atoms with Crippen molar-refractivity contribution in [2.75, 3.05) is 13.7 Å². The summed E-state index contributed by atoms with van der Waals surface area (Å²) in [6, 6.07) is 11.3. The predicted octanol–water partition coefficient (Wildman–Crippen LogP) is 2.62. The summed E-state index contributed by atoms with van der Waals surface area (Å²) >= 11 is 0. The number of hydrogen-bond donors (Lipinski definition) is 2. The normalized spacial score (nSPS) is 11.6. The van der Waals surface area contributed by atoms with Crippen LogP contribution in [-0.4, -0.2) is 36.7 Å². The summed E-state index contributed by atoms with van der Waals surface area (Å²) in [5, 5.41) is 11.6. The molecule has 0 aromatic heterocycles. The molecule has 2 rings (SSSR count). The Hall–Kier alpha value is -2.93. The molecule has 0 saturated carbocycles. The van der Waals surface area contributed by atoms with E-state index < -0.39 is 23.7 Å². The van der Waals surface area contributed by atoms with E-state index >= 15 is 0 Å². The number of carboxylic acid groups (broad SMARTS) is 1. The van der Waals surface area contributed by atoms with Crippen LogP contribution in [-0.2, 0) is 16.1 Å². The van der Waals surface area contributed by atoms with Crippen LogP contribution in [0, 0.1) is 5.82 Å². The first-order valence-electron chi connectivity index (χ1n) is 7.99. The molecule has 26 heavy (non-hydrogen) atoms. The molecule has 6 nitrogen and oxygen atoms in total. The molecule has 2 aromatic rings. The zero-order valence-electron chi connectivity index (χ0n) is 14.3. The second-order valence-corrected chi connectivity index (χ2v) is 5.59. The van der Waals surface area contributed by atoms with Gasteiger partial charge in [0, 0.05) is 31.8 Å². The smallest absolute Gasteiger partial charge is 0.326 e. The second kappa shape index (κ2) is 9.53. The van der Waals surface area contributed by atoms with Gasteiger partial charge < -0.3 is 19.9 Å². The lowest BCUT2D eigenvalue weighted by atomic mass is 10.1. The number of amides is 1. The first-order valence-corrected chi connectivity index (χ1v) is 7.99. The highest BCUT2D eigenvalue weighted by Crippen LogP contribution is 2.15. The summed E-state index contributed by atoms with van der Waals surface area (Å²) < 4.78 is 23.5. The number of nitrogens with one attached hydrogen (secondary N) is 1. The molecule has 0 spiro atoms. The van der Waals surface area contributed by atoms with Crippen LogP contribution in [0.5, 0.6) is 5.75 Å². The van der Waals surface area contributed by atoms with Crippen LogP contribution in [0.2, 0.25) is 0 Å². The molecule has 7 heteroatoms. The number of ether oxygens (including phenoxy) is 2. The fourth-order valence-electron chi connectivity index (χ4n) is 2.26. The molecule has 0 heterocycles. The number of carbonyl (C=O) groups is 2. The third kappa shape index (κ3) is 5.86. The maximum Gasteiger partial charge on any atom is 0.326 e. The van der Waals surface area contributed by atoms with Crippen LogP contribution in [0.3, 0.4) is 0 Å². The van der Waals surface area contributed by atoms with Gasteiger partial charge >= 0.3 is 5.97 Å². The number of halogens is 1. The number of carbonyl (C=O) groups excluding carboxylic acids is 1. The van der Waals surface area contributed by atoms with E-state index in [2.05, 4.69) is 5.32 Å². The highest BCUT2D eigenvalue weighted by molar-refractivity contribution is 5.96. The van der Waals surface area contributed by atoms with Crippen molar-refractivity contribution in [1.29, 1.82) is 0 Å². The van der Waals surface area contributed by atoms with Gasteiger partial charge in [0.15, 0.2) is 0 Å². The van der Waals surface area contributed by atoms with E-state index in [-0.39, 0.29) is 19.6 Å². The van der Waals surface area contributed by atoms with Crippen LogP contribution in [0.15, 0.2) is 48.5 Å². The number of carboxylic acids is 1. The van der Waals surface area contributed by atoms with Crippen LogP contribution in [0.1, 0.15) is 22.3 Å². The van der Waals surface area contributed by atoms with Crippen molar-refractivity contribution in [1.82, 2.24) is 5.32 Å². The maximum absolute atomic E-state index is 13.1. The van der Waals surface area contributed by atoms with Gasteiger partial charge in [0.25, 0.3) is 5.91 Å². The van der Waals surface area contributed by atoms with Crippen LogP contribution < -0.4 is 10.1 Å². The molecular formula is C19H20FNO5. The van der Waals surface area contributed by atoms with E-state index in [0.717, 1.165) is 0 Å². The van der Waals surface area contributed by atoms with Crippen molar-refractivity contribution in [3.05, 3.63) is 65.5 Å². The largest absolute Gasteiger partial charge is 0.489 e. The van der Waals surface area contributed by atoms with Gasteiger partial charge in [0.2, 0.25) is 0 Å². The Labute approximate surface area is 150 Å². The predicted molar refractivity (Wildman–Crippen MR) is 92.6 cm³/mol. The van der Waals surface area contributed by atoms with E-state index in [1.165, 1.54) is 19.2 Å². The molecule has 0 aliphatic carbocycles. The lowest BCUT2D eigenvalue weighted by Crippen LogP contribution is -2.41. The van der Waals surface area contributed by atoms with E-state index in [1.54, 1.807) is 36.4 Å². The molecule has 0 aliphatic rings. The average molecular weight is 361 g/mol. The number of rotatable bonds is 9. The Morgan fingerprint density at radius 1 is 1.19 bits per heavy atom. The average Bonchev–Trinajstić information content (AvgIpc) is 2.63. The number of methoxy groups -OCH3 is 1. The minimum absolute atomic E-state index is 0.149. The molecule has 0 aliphatic heterocycles. The first kappa shape index (κ1) is 19.4. The molecule has 1 unspecified atom stereocenters. The van der Waals surface area contributed by atoms with Crippen molar-refractivity contribution in [2.24, 2.45) is 0 Å². The molecule has 2 N–H and O–H groups in total. The van der Waals surface area contributed by atoms with Gasteiger partial charge in [0.05, 0.1) is 0 Å². The molecule has 0 radical (unpaired) electrons. The molecule has 0 bridgehead atoms. The van der Waals surface area contributed by atoms with E-state index in [4.69, 9.17) is 14.6 Å². The third-order valence-corrected chi connectivity index (χ3v) is 3.60. The number of aliphatic carboxylic acids is 1. The fraction of sp³-hybridized carbons (Fsp3) is 0.263. The number of hydrogen-bond acceptors (Lipinski definition) is 4. The molecule has 138 valence electrons. The Balaban J connectivity index is 2.00. The van der Waals surface area contributed by atoms with Gasteiger partial charge in [0.1, 0.15) is 24.2 Å². The van der Waals surface area contributed by atoms with E-state index in [1.807, 2.05) is 0 Å². The van der Waals surface area contributed by atoms with E-state index in [0.29, 0.717) is 16.9 Å². The third-order valence-electron chi connectivity index (χ3n) is 3.60. The van der Waals surface area contributed by atoms with Crippen LogP contribution in [0.4, 0.5) is 4.39 Å². The van der Waals surface area contributed by atoms with Crippen LogP contribution in [0.25, 0.3) is 0 Å². The monoisotopic (exact) mass is 361 g/mol. The van der Waals surface area contributed by atoms with Gasteiger partial charge in [-0.15, -0.1) is 0 Å². The molecule has 1 atom stereocenters. The van der Waals surface area contributed by atoms with Crippen molar-refractivity contribution < 1.29 is 28.6 Å². The van der Waals surface area contributed by atoms with Gasteiger partial charge in [-0.2, -0.15) is 0 Å². The Morgan fingerprint density at radius 3 is 2.65 bits per heavy atom. The SMILES string of the molecule is COCCC(NC(=O)c1cccc(COc2cccc(F)c2)c1)C(=O)O. The molecule has 0 fully saturated rings. The first-order chi connectivity index (χ1) is 12.5. The minimum atomic E-state index is -1.12. The summed E-state index contributed by atoms with van der Waals surface area (Å²) in [5.41, 5.74) is 1.01. The highest BCUT2D eigenvalue weighted by Gasteiger charge is 2.20. The fourth-order valence-corrected chi connectivity index (χ4v) is 2.26. The lowest BCUT2D eigenvalue weighted by Gasteiger charge is -2.14. The highest BCUT2D eigenvalue weighted by atomic mass is 19.1. The quantitative estimate of drug-likeness (QED) is 0.717. The van der Waals surface area contributed by atoms with Gasteiger partial charge in [-0.1, -0.05) is 18.2 Å². The second-order valence-electron chi connectivity index (χ2n) is 5.59. The zero-order chi connectivity index (χ0) is 18.9. The zero-order valence-corrected chi connectivity index (χ0v) is 14.3. The summed E-state index contributed by atoms with van der Waals surface area (Å²) in [7, 11) is 1.46. The Morgan fingerprint density at radius 2 is 1.96 bits per heavy atom. The maximum atomic E-state index is 13.1. The van der Waals surface area contributed by atoms with Gasteiger partial charge in [-0.05, 0) is 29.8 Å². The van der Waals surface area contributed by atoms with Gasteiger partial charge in [-0.25, -0.2) is 9.18 Å². The van der Waals surface area contributed by atoms with Crippen LogP contribution >= 0.6 is 0 Å². The summed E-state index contributed by atoms with van der Waals surface area (Å²) in [4.78, 5) is 23.5. The molecule has 2 aromatic carbocycles. The number of benzene rings is 2. The summed E-state index contributed by atoms with van der Waals surface area (Å²) in [5.74, 6) is -1.64. The van der Waals surface area contributed by atoms with Crippen molar-refractivity contribution >= 4 is 11.9 Å². The minimum Gasteiger partial charge on any atom is -0.489 e. The van der Waals surface area contributed by atoms with Crippen molar-refractivity contribution in [3.8, 4) is 5.75 Å². The summed E-state index contributed by atoms with van der Waals surface area (Å²) in [6.45, 7) is 0.370. The molecule has 1 amide bonds.